The van der Waals surface area contributed by atoms with Crippen molar-refractivity contribution in [3.63, 3.8) is 0 Å². The van der Waals surface area contributed by atoms with E-state index in [2.05, 4.69) is 10.1 Å². The van der Waals surface area contributed by atoms with Crippen LogP contribution in [-0.2, 0) is 9.53 Å². The van der Waals surface area contributed by atoms with E-state index in [1.807, 2.05) is 0 Å². The van der Waals surface area contributed by atoms with Crippen LogP contribution in [0, 0.1) is 0 Å². The maximum absolute atomic E-state index is 11.1. The van der Waals surface area contributed by atoms with Gasteiger partial charge in [0.15, 0.2) is 5.60 Å². The van der Waals surface area contributed by atoms with Gasteiger partial charge in [-0.15, -0.1) is 0 Å². The Morgan fingerprint density at radius 3 is 2.57 bits per heavy atom. The number of methoxy groups -OCH3 is 1. The van der Waals surface area contributed by atoms with Crippen molar-refractivity contribution in [2.24, 2.45) is 0 Å². The minimum absolute atomic E-state index is 0.0320. The molecule has 0 amide bonds. The summed E-state index contributed by atoms with van der Waals surface area (Å²) in [6, 6.07) is 0. The molecule has 0 spiro atoms. The second-order valence-electron chi connectivity index (χ2n) is 4.06. The number of carbonyl (C=O) groups excluding carboxylic acids is 1. The monoisotopic (exact) mass is 203 g/mol. The lowest BCUT2D eigenvalue weighted by molar-refractivity contribution is -0.160. The zero-order valence-corrected chi connectivity index (χ0v) is 8.54. The maximum Gasteiger partial charge on any atom is 0.338 e. The normalized spacial score (nSPS) is 22.6. The van der Waals surface area contributed by atoms with E-state index < -0.39 is 11.6 Å². The zero-order valence-electron chi connectivity index (χ0n) is 8.54. The predicted molar refractivity (Wildman–Crippen MR) is 49.7 cm³/mol. The third-order valence-electron chi connectivity index (χ3n) is 2.59. The van der Waals surface area contributed by atoms with Crippen molar-refractivity contribution < 1.29 is 19.7 Å². The number of nitrogens with one attached hydrogen (secondary N) is 1. The Hall–Kier alpha value is -0.650. The molecule has 0 saturated heterocycles. The van der Waals surface area contributed by atoms with Crippen LogP contribution in [0.1, 0.15) is 19.8 Å². The van der Waals surface area contributed by atoms with Crippen molar-refractivity contribution in [3.05, 3.63) is 0 Å². The Labute approximate surface area is 83.1 Å². The largest absolute Gasteiger partial charge is 0.467 e. The molecule has 0 aromatic heterocycles. The number of hydrogen-bond acceptors (Lipinski definition) is 5. The first-order valence-electron chi connectivity index (χ1n) is 4.62. The average Bonchev–Trinajstić information content (AvgIpc) is 2.94. The number of esters is 1. The molecule has 82 valence electrons. The summed E-state index contributed by atoms with van der Waals surface area (Å²) in [5.41, 5.74) is -1.81. The average molecular weight is 203 g/mol. The molecule has 1 unspecified atom stereocenters. The van der Waals surface area contributed by atoms with Gasteiger partial charge in [0, 0.05) is 12.1 Å². The van der Waals surface area contributed by atoms with Crippen molar-refractivity contribution in [1.29, 1.82) is 0 Å². The molecule has 0 bridgehead atoms. The van der Waals surface area contributed by atoms with Gasteiger partial charge in [-0.2, -0.15) is 0 Å². The number of carbonyl (C=O) groups is 1. The Morgan fingerprint density at radius 2 is 2.21 bits per heavy atom. The molecule has 14 heavy (non-hydrogen) atoms. The summed E-state index contributed by atoms with van der Waals surface area (Å²) in [5.74, 6) is -0.668. The van der Waals surface area contributed by atoms with Crippen LogP contribution in [0.25, 0.3) is 0 Å². The second-order valence-corrected chi connectivity index (χ2v) is 4.06. The summed E-state index contributed by atoms with van der Waals surface area (Å²) in [6.45, 7) is 1.52. The molecule has 0 aromatic rings. The molecule has 1 saturated carbocycles. The van der Waals surface area contributed by atoms with Gasteiger partial charge < -0.3 is 20.3 Å². The molecule has 1 fully saturated rings. The number of aliphatic hydroxyl groups is 2. The van der Waals surface area contributed by atoms with E-state index >= 15 is 0 Å². The van der Waals surface area contributed by atoms with Gasteiger partial charge in [0.2, 0.25) is 0 Å². The molecule has 3 N–H and O–H groups in total. The SMILES string of the molecule is COC(=O)C(C)(O)CNC1(CO)CC1. The Balaban J connectivity index is 2.40. The van der Waals surface area contributed by atoms with Crippen LogP contribution in [0.5, 0.6) is 0 Å². The van der Waals surface area contributed by atoms with Crippen molar-refractivity contribution in [3.8, 4) is 0 Å². The molecule has 1 aliphatic rings. The lowest BCUT2D eigenvalue weighted by atomic mass is 10.1. The fourth-order valence-corrected chi connectivity index (χ4v) is 1.19. The van der Waals surface area contributed by atoms with Crippen molar-refractivity contribution in [2.45, 2.75) is 30.9 Å². The van der Waals surface area contributed by atoms with E-state index in [0.717, 1.165) is 12.8 Å². The van der Waals surface area contributed by atoms with E-state index in [-0.39, 0.29) is 18.7 Å². The number of ether oxygens (including phenoxy) is 1. The van der Waals surface area contributed by atoms with E-state index in [4.69, 9.17) is 5.11 Å². The topological polar surface area (TPSA) is 78.8 Å². The third-order valence-corrected chi connectivity index (χ3v) is 2.59. The van der Waals surface area contributed by atoms with Gasteiger partial charge >= 0.3 is 5.97 Å². The Bertz CT molecular complexity index is 223. The lowest BCUT2D eigenvalue weighted by Crippen LogP contribution is -2.50. The van der Waals surface area contributed by atoms with Crippen LogP contribution in [-0.4, -0.2) is 47.6 Å². The molecular formula is C9H17NO4. The smallest absolute Gasteiger partial charge is 0.338 e. The molecule has 1 rings (SSSR count). The Morgan fingerprint density at radius 1 is 1.64 bits per heavy atom. The number of aliphatic hydroxyl groups excluding tert-OH is 1. The summed E-state index contributed by atoms with van der Waals surface area (Å²) < 4.78 is 4.44. The summed E-state index contributed by atoms with van der Waals surface area (Å²) in [6.07, 6.45) is 1.75. The fraction of sp³-hybridized carbons (Fsp3) is 0.889. The zero-order chi connectivity index (χ0) is 10.8. The highest BCUT2D eigenvalue weighted by molar-refractivity contribution is 5.78. The molecular weight excluding hydrogens is 186 g/mol. The summed E-state index contributed by atoms with van der Waals surface area (Å²) in [4.78, 5) is 11.1. The van der Waals surface area contributed by atoms with Gasteiger partial charge in [0.05, 0.1) is 13.7 Å². The molecule has 1 aliphatic carbocycles. The first-order chi connectivity index (χ1) is 6.46. The van der Waals surface area contributed by atoms with E-state index in [9.17, 15) is 9.90 Å². The molecule has 1 atom stereocenters. The molecule has 5 nitrogen and oxygen atoms in total. The quantitative estimate of drug-likeness (QED) is 0.501. The highest BCUT2D eigenvalue weighted by Gasteiger charge is 2.44. The highest BCUT2D eigenvalue weighted by Crippen LogP contribution is 2.34. The second kappa shape index (κ2) is 3.84. The van der Waals surface area contributed by atoms with Gasteiger partial charge in [-0.1, -0.05) is 0 Å². The van der Waals surface area contributed by atoms with Gasteiger partial charge in [-0.25, -0.2) is 4.79 Å². The van der Waals surface area contributed by atoms with Gasteiger partial charge in [-0.05, 0) is 19.8 Å². The van der Waals surface area contributed by atoms with Gasteiger partial charge in [0.1, 0.15) is 0 Å². The minimum Gasteiger partial charge on any atom is -0.467 e. The fourth-order valence-electron chi connectivity index (χ4n) is 1.19. The minimum atomic E-state index is -1.53. The van der Waals surface area contributed by atoms with Crippen LogP contribution in [0.15, 0.2) is 0 Å². The summed E-state index contributed by atoms with van der Waals surface area (Å²) in [5, 5.41) is 21.6. The van der Waals surface area contributed by atoms with E-state index in [0.29, 0.717) is 0 Å². The van der Waals surface area contributed by atoms with Crippen LogP contribution >= 0.6 is 0 Å². The highest BCUT2D eigenvalue weighted by atomic mass is 16.5. The lowest BCUT2D eigenvalue weighted by Gasteiger charge is -2.23. The molecule has 0 heterocycles. The van der Waals surface area contributed by atoms with Gasteiger partial charge in [-0.3, -0.25) is 0 Å². The summed E-state index contributed by atoms with van der Waals surface area (Å²) in [7, 11) is 1.23. The molecule has 0 radical (unpaired) electrons. The van der Waals surface area contributed by atoms with Crippen LogP contribution in [0.2, 0.25) is 0 Å². The van der Waals surface area contributed by atoms with Crippen LogP contribution in [0.3, 0.4) is 0 Å². The summed E-state index contributed by atoms with van der Waals surface area (Å²) >= 11 is 0. The molecule has 0 aliphatic heterocycles. The molecule has 0 aromatic carbocycles. The van der Waals surface area contributed by atoms with Gasteiger partial charge in [0.25, 0.3) is 0 Å². The third kappa shape index (κ3) is 2.43. The number of hydrogen-bond donors (Lipinski definition) is 3. The van der Waals surface area contributed by atoms with Crippen LogP contribution < -0.4 is 5.32 Å². The van der Waals surface area contributed by atoms with E-state index in [1.54, 1.807) is 0 Å². The Kier molecular flexibility index (Phi) is 3.14. The number of β-amino-alcohol motifs (C(OH)–C–C–N with tert-alkyl or cyclic N) is 1. The first-order valence-corrected chi connectivity index (χ1v) is 4.62. The predicted octanol–water partition coefficient (Wildman–Crippen LogP) is -0.975. The maximum atomic E-state index is 11.1. The standard InChI is InChI=1S/C9H17NO4/c1-8(13,7(12)14-2)5-10-9(6-11)3-4-9/h10-11,13H,3-6H2,1-2H3. The van der Waals surface area contributed by atoms with Crippen molar-refractivity contribution in [1.82, 2.24) is 5.32 Å². The molecule has 5 heteroatoms. The van der Waals surface area contributed by atoms with E-state index in [1.165, 1.54) is 14.0 Å². The number of rotatable bonds is 5. The van der Waals surface area contributed by atoms with Crippen LogP contribution in [0.4, 0.5) is 0 Å². The van der Waals surface area contributed by atoms with Crippen molar-refractivity contribution in [2.75, 3.05) is 20.3 Å². The van der Waals surface area contributed by atoms with Crippen molar-refractivity contribution >= 4 is 5.97 Å². The first kappa shape index (κ1) is 11.4.